The second-order valence-corrected chi connectivity index (χ2v) is 12.7. The van der Waals surface area contributed by atoms with Gasteiger partial charge in [0.05, 0.1) is 17.8 Å². The summed E-state index contributed by atoms with van der Waals surface area (Å²) in [6, 6.07) is 11.4. The van der Waals surface area contributed by atoms with E-state index < -0.39 is 17.7 Å². The summed E-state index contributed by atoms with van der Waals surface area (Å²) >= 11 is 12.6. The third kappa shape index (κ3) is 5.75. The zero-order valence-electron chi connectivity index (χ0n) is 23.7. The molecule has 1 unspecified atom stereocenters. The molecule has 2 aliphatic rings. The highest BCUT2D eigenvalue weighted by Gasteiger charge is 2.40. The first kappa shape index (κ1) is 28.6. The van der Waals surface area contributed by atoms with Gasteiger partial charge in [0.2, 0.25) is 5.91 Å². The van der Waals surface area contributed by atoms with Gasteiger partial charge < -0.3 is 14.5 Å². The van der Waals surface area contributed by atoms with Crippen LogP contribution in [0.5, 0.6) is 0 Å². The van der Waals surface area contributed by atoms with Crippen LogP contribution >= 0.6 is 23.2 Å². The molecule has 0 aliphatic carbocycles. The SMILES string of the molecule is C[C@@H]1CN(c2ccc3cnn([C@H](C)c4ccc(Cl)cc4Cl)c3c2)CCN1C(=O)C1CCCN1C(=O)OC(C)(C)C. The maximum Gasteiger partial charge on any atom is 0.410 e. The Morgan fingerprint density at radius 2 is 1.82 bits per heavy atom. The summed E-state index contributed by atoms with van der Waals surface area (Å²) in [5, 5.41) is 6.93. The first-order valence-corrected chi connectivity index (χ1v) is 14.7. The summed E-state index contributed by atoms with van der Waals surface area (Å²) in [5.74, 6) is 0.0118. The molecule has 5 rings (SSSR count). The van der Waals surface area contributed by atoms with Crippen molar-refractivity contribution in [3.8, 4) is 0 Å². The van der Waals surface area contributed by atoms with Crippen LogP contribution in [0.15, 0.2) is 42.6 Å². The predicted octanol–water partition coefficient (Wildman–Crippen LogP) is 6.39. The predicted molar refractivity (Wildman–Crippen MR) is 159 cm³/mol. The molecule has 0 bridgehead atoms. The standard InChI is InChI=1S/C30H37Cl2N5O3/c1-19-18-34(13-14-35(19)28(38)26-7-6-12-36(26)29(39)40-30(3,4)5)23-10-8-21-17-33-37(27(21)16-23)20(2)24-11-9-22(31)15-25(24)32/h8-11,15-17,19-20,26H,6-7,12-14,18H2,1-5H3/t19-,20-,26?/m1/s1. The van der Waals surface area contributed by atoms with E-state index in [4.69, 9.17) is 27.9 Å². The number of carbonyl (C=O) groups is 2. The number of fused-ring (bicyclic) bond motifs is 1. The number of aromatic nitrogens is 2. The number of nitrogens with zero attached hydrogens (tertiary/aromatic N) is 5. The molecule has 8 nitrogen and oxygen atoms in total. The number of rotatable bonds is 4. The number of anilines is 1. The highest BCUT2D eigenvalue weighted by molar-refractivity contribution is 6.35. The van der Waals surface area contributed by atoms with Crippen LogP contribution in [0, 0.1) is 0 Å². The number of carbonyl (C=O) groups excluding carboxylic acids is 2. The Bertz CT molecular complexity index is 1420. The van der Waals surface area contributed by atoms with Crippen molar-refractivity contribution in [3.63, 3.8) is 0 Å². The Labute approximate surface area is 245 Å². The number of likely N-dealkylation sites (tertiary alicyclic amines) is 1. The van der Waals surface area contributed by atoms with Gasteiger partial charge >= 0.3 is 6.09 Å². The van der Waals surface area contributed by atoms with Gasteiger partial charge in [-0.25, -0.2) is 4.79 Å². The summed E-state index contributed by atoms with van der Waals surface area (Å²) in [7, 11) is 0. The van der Waals surface area contributed by atoms with Crippen molar-refractivity contribution >= 4 is 51.8 Å². The molecule has 1 aromatic heterocycles. The third-order valence-electron chi connectivity index (χ3n) is 7.80. The molecule has 214 valence electrons. The Hall–Kier alpha value is -2.97. The van der Waals surface area contributed by atoms with E-state index >= 15 is 0 Å². The molecule has 3 heterocycles. The molecular weight excluding hydrogens is 549 g/mol. The topological polar surface area (TPSA) is 70.9 Å². The van der Waals surface area contributed by atoms with Gasteiger partial charge in [0.25, 0.3) is 0 Å². The molecule has 2 fully saturated rings. The Morgan fingerprint density at radius 3 is 2.52 bits per heavy atom. The molecule has 3 aromatic rings. The van der Waals surface area contributed by atoms with Crippen molar-refractivity contribution in [2.24, 2.45) is 0 Å². The fraction of sp³-hybridized carbons (Fsp3) is 0.500. The van der Waals surface area contributed by atoms with Crippen LogP contribution in [-0.2, 0) is 9.53 Å². The van der Waals surface area contributed by atoms with Crippen molar-refractivity contribution in [1.82, 2.24) is 19.6 Å². The fourth-order valence-corrected chi connectivity index (χ4v) is 6.34. The normalized spacial score (nSPS) is 20.7. The van der Waals surface area contributed by atoms with E-state index in [1.807, 2.05) is 48.7 Å². The first-order chi connectivity index (χ1) is 18.9. The van der Waals surface area contributed by atoms with Gasteiger partial charge in [-0.15, -0.1) is 0 Å². The van der Waals surface area contributed by atoms with Crippen molar-refractivity contribution in [3.05, 3.63) is 58.2 Å². The molecule has 0 spiro atoms. The lowest BCUT2D eigenvalue weighted by molar-refractivity contribution is -0.138. The number of piperazine rings is 1. The quantitative estimate of drug-likeness (QED) is 0.355. The molecule has 0 radical (unpaired) electrons. The smallest absolute Gasteiger partial charge is 0.410 e. The van der Waals surface area contributed by atoms with Crippen molar-refractivity contribution in [2.75, 3.05) is 31.1 Å². The number of halogens is 2. The van der Waals surface area contributed by atoms with Crippen LogP contribution in [0.2, 0.25) is 10.0 Å². The van der Waals surface area contributed by atoms with Gasteiger partial charge in [-0.05, 0) is 83.4 Å². The lowest BCUT2D eigenvalue weighted by Gasteiger charge is -2.42. The lowest BCUT2D eigenvalue weighted by atomic mass is 10.1. The van der Waals surface area contributed by atoms with Crippen LogP contribution in [0.4, 0.5) is 10.5 Å². The van der Waals surface area contributed by atoms with Gasteiger partial charge in [-0.3, -0.25) is 14.4 Å². The van der Waals surface area contributed by atoms with Crippen LogP contribution in [0.3, 0.4) is 0 Å². The van der Waals surface area contributed by atoms with Crippen LogP contribution in [0.1, 0.15) is 59.1 Å². The second-order valence-electron chi connectivity index (χ2n) is 11.8. The van der Waals surface area contributed by atoms with Crippen molar-refractivity contribution in [1.29, 1.82) is 0 Å². The molecule has 2 saturated heterocycles. The Kier molecular flexibility index (Phi) is 7.94. The summed E-state index contributed by atoms with van der Waals surface area (Å²) < 4.78 is 7.56. The average molecular weight is 587 g/mol. The Morgan fingerprint density at radius 1 is 1.05 bits per heavy atom. The minimum Gasteiger partial charge on any atom is -0.444 e. The van der Waals surface area contributed by atoms with E-state index in [1.54, 1.807) is 11.0 Å². The molecule has 0 saturated carbocycles. The van der Waals surface area contributed by atoms with Gasteiger partial charge in [-0.2, -0.15) is 5.10 Å². The monoisotopic (exact) mass is 585 g/mol. The zero-order valence-corrected chi connectivity index (χ0v) is 25.2. The van der Waals surface area contributed by atoms with Gasteiger partial charge in [0.15, 0.2) is 0 Å². The van der Waals surface area contributed by atoms with Crippen LogP contribution < -0.4 is 4.90 Å². The summed E-state index contributed by atoms with van der Waals surface area (Å²) in [6.45, 7) is 12.2. The maximum atomic E-state index is 13.6. The summed E-state index contributed by atoms with van der Waals surface area (Å²) in [6.07, 6.45) is 2.93. The lowest BCUT2D eigenvalue weighted by Crippen LogP contribution is -2.58. The van der Waals surface area contributed by atoms with E-state index in [0.717, 1.165) is 28.6 Å². The molecule has 2 aromatic carbocycles. The molecule has 2 amide bonds. The molecule has 40 heavy (non-hydrogen) atoms. The van der Waals surface area contributed by atoms with Gasteiger partial charge in [0.1, 0.15) is 11.6 Å². The van der Waals surface area contributed by atoms with Crippen molar-refractivity contribution in [2.45, 2.75) is 71.2 Å². The molecular formula is C30H37Cl2N5O3. The number of amides is 2. The van der Waals surface area contributed by atoms with Crippen LogP contribution in [0.25, 0.3) is 10.9 Å². The van der Waals surface area contributed by atoms with E-state index in [0.29, 0.717) is 42.6 Å². The first-order valence-electron chi connectivity index (χ1n) is 13.9. The molecule has 0 N–H and O–H groups in total. The van der Waals surface area contributed by atoms with Gasteiger partial charge in [-0.1, -0.05) is 29.3 Å². The number of ether oxygens (including phenoxy) is 1. The fourth-order valence-electron chi connectivity index (χ4n) is 5.78. The average Bonchev–Trinajstić information content (AvgIpc) is 3.54. The highest BCUT2D eigenvalue weighted by atomic mass is 35.5. The van der Waals surface area contributed by atoms with E-state index in [-0.39, 0.29) is 18.0 Å². The molecule has 2 aliphatic heterocycles. The minimum atomic E-state index is -0.596. The molecule has 3 atom stereocenters. The van der Waals surface area contributed by atoms with E-state index in [2.05, 4.69) is 42.0 Å². The summed E-state index contributed by atoms with van der Waals surface area (Å²) in [5.41, 5.74) is 2.45. The zero-order chi connectivity index (χ0) is 28.8. The Balaban J connectivity index is 1.30. The van der Waals surface area contributed by atoms with Gasteiger partial charge in [0, 0.05) is 53.3 Å². The van der Waals surface area contributed by atoms with Crippen molar-refractivity contribution < 1.29 is 14.3 Å². The third-order valence-corrected chi connectivity index (χ3v) is 8.37. The maximum absolute atomic E-state index is 13.6. The molecule has 10 heteroatoms. The minimum absolute atomic E-state index is 0.00487. The highest BCUT2D eigenvalue weighted by Crippen LogP contribution is 2.32. The number of benzene rings is 2. The second kappa shape index (κ2) is 11.1. The largest absolute Gasteiger partial charge is 0.444 e. The van der Waals surface area contributed by atoms with Crippen LogP contribution in [-0.4, -0.2) is 75.4 Å². The number of hydrogen-bond acceptors (Lipinski definition) is 5. The van der Waals surface area contributed by atoms with E-state index in [9.17, 15) is 9.59 Å². The number of hydrogen-bond donors (Lipinski definition) is 0. The summed E-state index contributed by atoms with van der Waals surface area (Å²) in [4.78, 5) is 32.2. The van der Waals surface area contributed by atoms with E-state index in [1.165, 1.54) is 0 Å².